The van der Waals surface area contributed by atoms with Crippen molar-refractivity contribution < 1.29 is 9.53 Å². The molecule has 0 unspecified atom stereocenters. The number of methoxy groups -OCH3 is 1. The Morgan fingerprint density at radius 1 is 1.32 bits per heavy atom. The molecule has 1 heterocycles. The number of carbonyl (C=O) groups is 1. The lowest BCUT2D eigenvalue weighted by Gasteiger charge is -2.10. The zero-order chi connectivity index (χ0) is 19.9. The summed E-state index contributed by atoms with van der Waals surface area (Å²) in [5.41, 5.74) is 3.54. The molecule has 0 atom stereocenters. The zero-order valence-corrected chi connectivity index (χ0v) is 17.3. The molecule has 28 heavy (non-hydrogen) atoms. The van der Waals surface area contributed by atoms with Gasteiger partial charge in [0, 0.05) is 23.6 Å². The number of nitrogens with zero attached hydrogens (tertiary/aromatic N) is 2. The Morgan fingerprint density at radius 3 is 2.89 bits per heavy atom. The standard InChI is InChI=1S/C21H22ClN3O2S/c1-27-19-8-7-16(12-17(19)22)24-20(26)9-10-28-21-15(13-23)11-14-5-3-2-4-6-18(14)25-21/h7-8,11-12H,2-6,9-10H2,1H3,(H,24,26). The Hall–Kier alpha value is -2.23. The van der Waals surface area contributed by atoms with E-state index in [9.17, 15) is 10.1 Å². The van der Waals surface area contributed by atoms with Gasteiger partial charge in [-0.1, -0.05) is 18.0 Å². The summed E-state index contributed by atoms with van der Waals surface area (Å²) in [6.45, 7) is 0. The topological polar surface area (TPSA) is 75.0 Å². The predicted molar refractivity (Wildman–Crippen MR) is 112 cm³/mol. The van der Waals surface area contributed by atoms with Crippen molar-refractivity contribution in [1.29, 1.82) is 5.26 Å². The lowest BCUT2D eigenvalue weighted by molar-refractivity contribution is -0.115. The minimum absolute atomic E-state index is 0.109. The molecular weight excluding hydrogens is 394 g/mol. The maximum absolute atomic E-state index is 12.2. The van der Waals surface area contributed by atoms with Crippen molar-refractivity contribution in [3.63, 3.8) is 0 Å². The molecule has 7 heteroatoms. The normalized spacial score (nSPS) is 13.2. The molecule has 3 rings (SSSR count). The first kappa shape index (κ1) is 20.5. The van der Waals surface area contributed by atoms with E-state index >= 15 is 0 Å². The van der Waals surface area contributed by atoms with Gasteiger partial charge < -0.3 is 10.1 Å². The summed E-state index contributed by atoms with van der Waals surface area (Å²) in [5.74, 6) is 1.01. The first-order valence-corrected chi connectivity index (χ1v) is 10.7. The number of anilines is 1. The van der Waals surface area contributed by atoms with Gasteiger partial charge in [0.15, 0.2) is 0 Å². The second-order valence-corrected chi connectivity index (χ2v) is 8.11. The molecule has 1 aromatic heterocycles. The molecule has 2 aromatic rings. The van der Waals surface area contributed by atoms with Crippen molar-refractivity contribution in [3.8, 4) is 11.8 Å². The molecule has 0 aliphatic heterocycles. The van der Waals surface area contributed by atoms with Crippen LogP contribution in [0.25, 0.3) is 0 Å². The largest absolute Gasteiger partial charge is 0.495 e. The van der Waals surface area contributed by atoms with Gasteiger partial charge in [-0.25, -0.2) is 4.98 Å². The molecule has 5 nitrogen and oxygen atoms in total. The lowest BCUT2D eigenvalue weighted by atomic mass is 10.1. The number of aromatic nitrogens is 1. The highest BCUT2D eigenvalue weighted by atomic mass is 35.5. The van der Waals surface area contributed by atoms with Gasteiger partial charge in [0.05, 0.1) is 17.7 Å². The van der Waals surface area contributed by atoms with Crippen LogP contribution in [0.4, 0.5) is 5.69 Å². The summed E-state index contributed by atoms with van der Waals surface area (Å²) in [6.07, 6.45) is 5.78. The first-order chi connectivity index (χ1) is 13.6. The fourth-order valence-corrected chi connectivity index (χ4v) is 4.36. The number of benzene rings is 1. The SMILES string of the molecule is COc1ccc(NC(=O)CCSc2nc3c(cc2C#N)CCCCC3)cc1Cl. The monoisotopic (exact) mass is 415 g/mol. The van der Waals surface area contributed by atoms with E-state index in [4.69, 9.17) is 21.3 Å². The molecule has 1 N–H and O–H groups in total. The number of aryl methyl sites for hydroxylation is 2. The summed E-state index contributed by atoms with van der Waals surface area (Å²) < 4.78 is 5.11. The molecule has 1 amide bonds. The third-order valence-corrected chi connectivity index (χ3v) is 5.93. The number of nitriles is 1. The van der Waals surface area contributed by atoms with Crippen molar-refractivity contribution >= 4 is 35.0 Å². The zero-order valence-electron chi connectivity index (χ0n) is 15.8. The number of hydrogen-bond donors (Lipinski definition) is 1. The van der Waals surface area contributed by atoms with Crippen molar-refractivity contribution in [1.82, 2.24) is 4.98 Å². The van der Waals surface area contributed by atoms with E-state index in [0.717, 1.165) is 36.4 Å². The van der Waals surface area contributed by atoms with Gasteiger partial charge in [0.2, 0.25) is 5.91 Å². The Kier molecular flexibility index (Phi) is 7.18. The summed E-state index contributed by atoms with van der Waals surface area (Å²) in [7, 11) is 1.54. The maximum atomic E-state index is 12.2. The van der Waals surface area contributed by atoms with Crippen molar-refractivity contribution in [2.45, 2.75) is 43.6 Å². The van der Waals surface area contributed by atoms with Crippen LogP contribution in [0.1, 0.15) is 42.5 Å². The Morgan fingerprint density at radius 2 is 2.14 bits per heavy atom. The quantitative estimate of drug-likeness (QED) is 0.530. The van der Waals surface area contributed by atoms with Gasteiger partial charge in [-0.15, -0.1) is 11.8 Å². The third kappa shape index (κ3) is 5.18. The highest BCUT2D eigenvalue weighted by Crippen LogP contribution is 2.29. The van der Waals surface area contributed by atoms with Crippen molar-refractivity contribution in [3.05, 3.63) is 46.1 Å². The summed E-state index contributed by atoms with van der Waals surface area (Å²) in [5, 5.41) is 13.5. The van der Waals surface area contributed by atoms with Crippen LogP contribution in [-0.2, 0) is 17.6 Å². The van der Waals surface area contributed by atoms with Gasteiger partial charge in [-0.3, -0.25) is 4.79 Å². The highest BCUT2D eigenvalue weighted by molar-refractivity contribution is 7.99. The fraction of sp³-hybridized carbons (Fsp3) is 0.381. The lowest BCUT2D eigenvalue weighted by Crippen LogP contribution is -2.12. The molecular formula is C21H22ClN3O2S. The van der Waals surface area contributed by atoms with E-state index in [-0.39, 0.29) is 5.91 Å². The van der Waals surface area contributed by atoms with Gasteiger partial charge in [0.25, 0.3) is 0 Å². The van der Waals surface area contributed by atoms with Gasteiger partial charge in [-0.05, 0) is 55.5 Å². The number of carbonyl (C=O) groups excluding carboxylic acids is 1. The third-order valence-electron chi connectivity index (χ3n) is 4.64. The maximum Gasteiger partial charge on any atom is 0.225 e. The number of rotatable bonds is 6. The van der Waals surface area contributed by atoms with Crippen LogP contribution in [0.5, 0.6) is 5.75 Å². The van der Waals surface area contributed by atoms with Crippen LogP contribution in [0, 0.1) is 11.3 Å². The molecule has 1 aliphatic carbocycles. The number of thioether (sulfide) groups is 1. The molecule has 0 saturated carbocycles. The molecule has 0 fully saturated rings. The number of ether oxygens (including phenoxy) is 1. The minimum Gasteiger partial charge on any atom is -0.495 e. The minimum atomic E-state index is -0.109. The van der Waals surface area contributed by atoms with Crippen molar-refractivity contribution in [2.75, 3.05) is 18.2 Å². The number of amides is 1. The van der Waals surface area contributed by atoms with Gasteiger partial charge >= 0.3 is 0 Å². The van der Waals surface area contributed by atoms with Crippen LogP contribution in [0.2, 0.25) is 5.02 Å². The van der Waals surface area contributed by atoms with Crippen molar-refractivity contribution in [2.24, 2.45) is 0 Å². The van der Waals surface area contributed by atoms with E-state index in [1.165, 1.54) is 23.7 Å². The predicted octanol–water partition coefficient (Wildman–Crippen LogP) is 5.01. The summed E-state index contributed by atoms with van der Waals surface area (Å²) >= 11 is 7.54. The molecule has 1 aliphatic rings. The van der Waals surface area contributed by atoms with E-state index in [1.807, 2.05) is 6.07 Å². The van der Waals surface area contributed by atoms with Gasteiger partial charge in [-0.2, -0.15) is 5.26 Å². The van der Waals surface area contributed by atoms with Gasteiger partial charge in [0.1, 0.15) is 16.8 Å². The van der Waals surface area contributed by atoms with Crippen LogP contribution >= 0.6 is 23.4 Å². The number of hydrogen-bond acceptors (Lipinski definition) is 5. The second kappa shape index (κ2) is 9.81. The average Bonchev–Trinajstić information content (AvgIpc) is 2.92. The Bertz CT molecular complexity index is 911. The van der Waals surface area contributed by atoms with E-state index < -0.39 is 0 Å². The summed E-state index contributed by atoms with van der Waals surface area (Å²) in [4.78, 5) is 16.9. The molecule has 0 radical (unpaired) electrons. The Labute approximate surface area is 174 Å². The molecule has 0 saturated heterocycles. The number of nitrogens with one attached hydrogen (secondary N) is 1. The van der Waals surface area contributed by atoms with Crippen LogP contribution in [0.15, 0.2) is 29.3 Å². The number of fused-ring (bicyclic) bond motifs is 1. The first-order valence-electron chi connectivity index (χ1n) is 9.30. The fourth-order valence-electron chi connectivity index (χ4n) is 3.19. The number of pyridine rings is 1. The van der Waals surface area contributed by atoms with Crippen LogP contribution < -0.4 is 10.1 Å². The molecule has 0 spiro atoms. The van der Waals surface area contributed by atoms with E-state index in [1.54, 1.807) is 25.3 Å². The van der Waals surface area contributed by atoms with Crippen LogP contribution in [0.3, 0.4) is 0 Å². The summed E-state index contributed by atoms with van der Waals surface area (Å²) in [6, 6.07) is 9.35. The average molecular weight is 416 g/mol. The Balaban J connectivity index is 1.58. The second-order valence-electron chi connectivity index (χ2n) is 6.62. The highest BCUT2D eigenvalue weighted by Gasteiger charge is 2.15. The molecule has 1 aromatic carbocycles. The van der Waals surface area contributed by atoms with Crippen LogP contribution in [-0.4, -0.2) is 23.8 Å². The molecule has 146 valence electrons. The number of halogens is 1. The van der Waals surface area contributed by atoms with E-state index in [0.29, 0.717) is 34.2 Å². The molecule has 0 bridgehead atoms. The van der Waals surface area contributed by atoms with E-state index in [2.05, 4.69) is 11.4 Å². The smallest absolute Gasteiger partial charge is 0.225 e.